The number of halogens is 1. The molecule has 2 heterocycles. The van der Waals surface area contributed by atoms with Crippen LogP contribution >= 0.6 is 23.4 Å². The first-order valence-corrected chi connectivity index (χ1v) is 7.07. The van der Waals surface area contributed by atoms with E-state index in [1.165, 1.54) is 6.33 Å². The minimum atomic E-state index is -0.595. The quantitative estimate of drug-likeness (QED) is 0.487. The summed E-state index contributed by atoms with van der Waals surface area (Å²) in [7, 11) is 0. The first-order valence-electron chi connectivity index (χ1n) is 5.87. The largest absolute Gasteiger partial charge is 0.486 e. The van der Waals surface area contributed by atoms with E-state index in [-0.39, 0.29) is 15.9 Å². The van der Waals surface area contributed by atoms with Crippen LogP contribution in [-0.4, -0.2) is 28.1 Å². The van der Waals surface area contributed by atoms with Crippen LogP contribution in [0.25, 0.3) is 0 Å². The number of nitro groups is 1. The van der Waals surface area contributed by atoms with E-state index in [4.69, 9.17) is 21.1 Å². The highest BCUT2D eigenvalue weighted by Gasteiger charge is 2.23. The van der Waals surface area contributed by atoms with Crippen LogP contribution in [-0.2, 0) is 0 Å². The number of rotatable bonds is 3. The van der Waals surface area contributed by atoms with Crippen LogP contribution in [0.15, 0.2) is 34.4 Å². The summed E-state index contributed by atoms with van der Waals surface area (Å²) in [5.74, 6) is 1.26. The van der Waals surface area contributed by atoms with Crippen molar-refractivity contribution in [2.45, 2.75) is 9.92 Å². The molecule has 0 saturated heterocycles. The van der Waals surface area contributed by atoms with Gasteiger partial charge in [0, 0.05) is 4.90 Å². The molecule has 7 nitrogen and oxygen atoms in total. The van der Waals surface area contributed by atoms with Gasteiger partial charge in [-0.3, -0.25) is 10.1 Å². The molecule has 1 aliphatic rings. The standard InChI is InChI=1S/C12H8ClN3O4S/c13-11-10(16(17)18)12(15-6-14-11)21-7-1-2-8-9(5-7)20-4-3-19-8/h1-2,5-6H,3-4H2. The van der Waals surface area contributed by atoms with Crippen molar-refractivity contribution in [1.82, 2.24) is 9.97 Å². The van der Waals surface area contributed by atoms with Gasteiger partial charge in [0.2, 0.25) is 5.15 Å². The number of hydrogen-bond acceptors (Lipinski definition) is 7. The molecule has 108 valence electrons. The number of fused-ring (bicyclic) bond motifs is 1. The lowest BCUT2D eigenvalue weighted by molar-refractivity contribution is -0.388. The Kier molecular flexibility index (Phi) is 3.80. The lowest BCUT2D eigenvalue weighted by Crippen LogP contribution is -2.15. The molecule has 0 unspecified atom stereocenters. The van der Waals surface area contributed by atoms with Gasteiger partial charge in [0.15, 0.2) is 16.5 Å². The van der Waals surface area contributed by atoms with E-state index in [1.807, 2.05) is 0 Å². The van der Waals surface area contributed by atoms with Crippen molar-refractivity contribution in [3.05, 3.63) is 39.8 Å². The molecular formula is C12H8ClN3O4S. The van der Waals surface area contributed by atoms with Gasteiger partial charge >= 0.3 is 5.69 Å². The van der Waals surface area contributed by atoms with Crippen LogP contribution in [0, 0.1) is 10.1 Å². The third-order valence-electron chi connectivity index (χ3n) is 2.65. The van der Waals surface area contributed by atoms with Crippen LogP contribution in [0.1, 0.15) is 0 Å². The van der Waals surface area contributed by atoms with Crippen LogP contribution in [0.4, 0.5) is 5.69 Å². The van der Waals surface area contributed by atoms with Gasteiger partial charge in [0.1, 0.15) is 19.5 Å². The molecule has 0 radical (unpaired) electrons. The molecule has 2 aromatic rings. The van der Waals surface area contributed by atoms with Gasteiger partial charge in [-0.15, -0.1) is 0 Å². The van der Waals surface area contributed by atoms with Crippen LogP contribution < -0.4 is 9.47 Å². The minimum absolute atomic E-state index is 0.177. The molecular weight excluding hydrogens is 318 g/mol. The van der Waals surface area contributed by atoms with Gasteiger partial charge in [0.25, 0.3) is 0 Å². The van der Waals surface area contributed by atoms with Gasteiger partial charge in [-0.2, -0.15) is 0 Å². The second-order valence-electron chi connectivity index (χ2n) is 3.98. The lowest BCUT2D eigenvalue weighted by atomic mass is 10.3. The van der Waals surface area contributed by atoms with Crippen molar-refractivity contribution in [2.24, 2.45) is 0 Å². The summed E-state index contributed by atoms with van der Waals surface area (Å²) < 4.78 is 10.9. The van der Waals surface area contributed by atoms with E-state index < -0.39 is 4.92 Å². The minimum Gasteiger partial charge on any atom is -0.486 e. The van der Waals surface area contributed by atoms with Gasteiger partial charge in [-0.05, 0) is 18.2 Å². The summed E-state index contributed by atoms with van der Waals surface area (Å²) in [5, 5.41) is 11.0. The van der Waals surface area contributed by atoms with Crippen molar-refractivity contribution in [3.63, 3.8) is 0 Å². The topological polar surface area (TPSA) is 87.4 Å². The molecule has 21 heavy (non-hydrogen) atoms. The molecule has 0 fully saturated rings. The first-order chi connectivity index (χ1) is 10.1. The molecule has 1 aliphatic heterocycles. The van der Waals surface area contributed by atoms with Crippen LogP contribution in [0.2, 0.25) is 5.15 Å². The number of hydrogen-bond donors (Lipinski definition) is 0. The highest BCUT2D eigenvalue weighted by atomic mass is 35.5. The van der Waals surface area contributed by atoms with Crippen molar-refractivity contribution >= 4 is 29.1 Å². The van der Waals surface area contributed by atoms with Crippen LogP contribution in [0.5, 0.6) is 11.5 Å². The van der Waals surface area contributed by atoms with Gasteiger partial charge in [-0.1, -0.05) is 23.4 Å². The monoisotopic (exact) mass is 325 g/mol. The van der Waals surface area contributed by atoms with Gasteiger partial charge in [-0.25, -0.2) is 9.97 Å². The average Bonchev–Trinajstić information content (AvgIpc) is 2.47. The fourth-order valence-electron chi connectivity index (χ4n) is 1.77. The third-order valence-corrected chi connectivity index (χ3v) is 3.91. The van der Waals surface area contributed by atoms with Gasteiger partial charge < -0.3 is 9.47 Å². The maximum absolute atomic E-state index is 11.0. The normalized spacial score (nSPS) is 13.0. The van der Waals surface area contributed by atoms with Crippen LogP contribution in [0.3, 0.4) is 0 Å². The summed E-state index contributed by atoms with van der Waals surface area (Å²) in [6, 6.07) is 5.28. The molecule has 1 aromatic carbocycles. The maximum Gasteiger partial charge on any atom is 0.338 e. The van der Waals surface area contributed by atoms with E-state index in [0.717, 1.165) is 16.7 Å². The van der Waals surface area contributed by atoms with E-state index in [1.54, 1.807) is 18.2 Å². The summed E-state index contributed by atoms with van der Waals surface area (Å²) >= 11 is 6.87. The predicted octanol–water partition coefficient (Wildman–Crippen LogP) is 2.96. The molecule has 9 heteroatoms. The Hall–Kier alpha value is -2.06. The SMILES string of the molecule is O=[N+]([O-])c1c(Cl)ncnc1Sc1ccc2c(c1)OCCO2. The fraction of sp³-hybridized carbons (Fsp3) is 0.167. The molecule has 1 aromatic heterocycles. The van der Waals surface area contributed by atoms with E-state index in [0.29, 0.717) is 24.7 Å². The highest BCUT2D eigenvalue weighted by Crippen LogP contribution is 2.40. The number of nitrogens with zero attached hydrogens (tertiary/aromatic N) is 3. The third kappa shape index (κ3) is 2.86. The number of ether oxygens (including phenoxy) is 2. The molecule has 0 spiro atoms. The number of aromatic nitrogens is 2. The second-order valence-corrected chi connectivity index (χ2v) is 5.40. The smallest absolute Gasteiger partial charge is 0.338 e. The Bertz CT molecular complexity index is 713. The molecule has 0 amide bonds. The van der Waals surface area contributed by atoms with E-state index in [2.05, 4.69) is 9.97 Å². The molecule has 0 atom stereocenters. The zero-order chi connectivity index (χ0) is 14.8. The molecule has 0 N–H and O–H groups in total. The lowest BCUT2D eigenvalue weighted by Gasteiger charge is -2.18. The molecule has 0 aliphatic carbocycles. The Balaban J connectivity index is 1.94. The summed E-state index contributed by atoms with van der Waals surface area (Å²) in [5.41, 5.74) is -0.306. The van der Waals surface area contributed by atoms with Crippen molar-refractivity contribution in [2.75, 3.05) is 13.2 Å². The molecule has 3 rings (SSSR count). The molecule has 0 saturated carbocycles. The van der Waals surface area contributed by atoms with E-state index >= 15 is 0 Å². The zero-order valence-electron chi connectivity index (χ0n) is 10.5. The Morgan fingerprint density at radius 1 is 1.24 bits per heavy atom. The first kappa shape index (κ1) is 13.9. The number of benzene rings is 1. The van der Waals surface area contributed by atoms with Crippen molar-refractivity contribution in [3.8, 4) is 11.5 Å². The fourth-order valence-corrected chi connectivity index (χ4v) is 2.92. The highest BCUT2D eigenvalue weighted by molar-refractivity contribution is 7.99. The van der Waals surface area contributed by atoms with Gasteiger partial charge in [0.05, 0.1) is 4.92 Å². The maximum atomic E-state index is 11.0. The van der Waals surface area contributed by atoms with Crippen molar-refractivity contribution in [1.29, 1.82) is 0 Å². The van der Waals surface area contributed by atoms with E-state index in [9.17, 15) is 10.1 Å². The summed E-state index contributed by atoms with van der Waals surface area (Å²) in [4.78, 5) is 18.7. The average molecular weight is 326 g/mol. The zero-order valence-corrected chi connectivity index (χ0v) is 12.1. The predicted molar refractivity (Wildman–Crippen MR) is 75.3 cm³/mol. The Morgan fingerprint density at radius 3 is 2.76 bits per heavy atom. The van der Waals surface area contributed by atoms with Crippen molar-refractivity contribution < 1.29 is 14.4 Å². The Labute approximate surface area is 128 Å². The molecule has 0 bridgehead atoms. The summed E-state index contributed by atoms with van der Waals surface area (Å²) in [6.07, 6.45) is 1.19. The Morgan fingerprint density at radius 2 is 2.00 bits per heavy atom. The summed E-state index contributed by atoms with van der Waals surface area (Å²) in [6.45, 7) is 0.979. The second kappa shape index (κ2) is 5.74.